The standard InChI is InChI=1S/C11H16BClN2O3/c1-10(2)11(3,4)18-12(17-10)7-8(13)14-6-15-9(7)16-5/h6H,1-5H3. The molecule has 0 aliphatic carbocycles. The second kappa shape index (κ2) is 4.37. The van der Waals surface area contributed by atoms with E-state index in [0.29, 0.717) is 11.3 Å². The third kappa shape index (κ3) is 2.09. The fraction of sp³-hybridized carbons (Fsp3) is 0.636. The molecule has 1 aromatic heterocycles. The molecule has 0 atom stereocenters. The van der Waals surface area contributed by atoms with Crippen LogP contribution < -0.4 is 10.2 Å². The van der Waals surface area contributed by atoms with Gasteiger partial charge in [-0.2, -0.15) is 0 Å². The van der Waals surface area contributed by atoms with E-state index in [9.17, 15) is 0 Å². The first kappa shape index (κ1) is 13.6. The van der Waals surface area contributed by atoms with E-state index in [0.717, 1.165) is 0 Å². The molecule has 1 aromatic rings. The fourth-order valence-corrected chi connectivity index (χ4v) is 1.89. The third-order valence-corrected chi connectivity index (χ3v) is 3.78. The summed E-state index contributed by atoms with van der Waals surface area (Å²) in [6.45, 7) is 7.88. The Balaban J connectivity index is 2.41. The van der Waals surface area contributed by atoms with Crippen LogP contribution in [0.25, 0.3) is 0 Å². The van der Waals surface area contributed by atoms with Crippen LogP contribution in [0.2, 0.25) is 5.15 Å². The number of ether oxygens (including phenoxy) is 1. The zero-order chi connectivity index (χ0) is 13.6. The Morgan fingerprint density at radius 1 is 1.17 bits per heavy atom. The van der Waals surface area contributed by atoms with Gasteiger partial charge in [0.05, 0.1) is 23.8 Å². The topological polar surface area (TPSA) is 53.5 Å². The van der Waals surface area contributed by atoms with Crippen molar-refractivity contribution in [3.63, 3.8) is 0 Å². The molecule has 0 bridgehead atoms. The van der Waals surface area contributed by atoms with Crippen molar-refractivity contribution in [2.45, 2.75) is 38.9 Å². The van der Waals surface area contributed by atoms with Gasteiger partial charge in [-0.25, -0.2) is 9.97 Å². The van der Waals surface area contributed by atoms with Gasteiger partial charge < -0.3 is 14.0 Å². The summed E-state index contributed by atoms with van der Waals surface area (Å²) in [5.74, 6) is 0.369. The average Bonchev–Trinajstić information content (AvgIpc) is 2.47. The van der Waals surface area contributed by atoms with E-state index in [4.69, 9.17) is 25.6 Å². The van der Waals surface area contributed by atoms with Crippen LogP contribution in [0.1, 0.15) is 27.7 Å². The molecule has 1 aliphatic rings. The molecule has 7 heteroatoms. The number of hydrogen-bond acceptors (Lipinski definition) is 5. The van der Waals surface area contributed by atoms with Gasteiger partial charge in [-0.1, -0.05) is 11.6 Å². The predicted octanol–water partition coefficient (Wildman–Crippen LogP) is 1.44. The lowest BCUT2D eigenvalue weighted by atomic mass is 9.80. The van der Waals surface area contributed by atoms with Gasteiger partial charge in [0.2, 0.25) is 5.88 Å². The minimum atomic E-state index is -0.626. The summed E-state index contributed by atoms with van der Waals surface area (Å²) in [5.41, 5.74) is -0.357. The highest BCUT2D eigenvalue weighted by molar-refractivity contribution is 6.66. The van der Waals surface area contributed by atoms with E-state index in [2.05, 4.69) is 9.97 Å². The van der Waals surface area contributed by atoms with Crippen molar-refractivity contribution >= 4 is 24.2 Å². The molecule has 0 unspecified atom stereocenters. The van der Waals surface area contributed by atoms with Crippen LogP contribution in [-0.2, 0) is 9.31 Å². The van der Waals surface area contributed by atoms with E-state index < -0.39 is 18.3 Å². The van der Waals surface area contributed by atoms with Crippen molar-refractivity contribution in [1.82, 2.24) is 9.97 Å². The number of nitrogens with zero attached hydrogens (tertiary/aromatic N) is 2. The molecule has 1 saturated heterocycles. The Morgan fingerprint density at radius 2 is 1.72 bits per heavy atom. The lowest BCUT2D eigenvalue weighted by molar-refractivity contribution is 0.00578. The molecule has 0 saturated carbocycles. The van der Waals surface area contributed by atoms with Crippen LogP contribution in [0.4, 0.5) is 0 Å². The summed E-state index contributed by atoms with van der Waals surface area (Å²) in [7, 11) is 0.895. The summed E-state index contributed by atoms with van der Waals surface area (Å²) in [6, 6.07) is 0. The quantitative estimate of drug-likeness (QED) is 0.601. The molecule has 0 amide bonds. The lowest BCUT2D eigenvalue weighted by Crippen LogP contribution is -2.41. The van der Waals surface area contributed by atoms with Crippen molar-refractivity contribution in [2.24, 2.45) is 0 Å². The first-order chi connectivity index (χ1) is 8.28. The SMILES string of the molecule is COc1ncnc(Cl)c1B1OC(C)(C)C(C)(C)O1. The first-order valence-electron chi connectivity index (χ1n) is 5.68. The Labute approximate surface area is 112 Å². The van der Waals surface area contributed by atoms with Gasteiger partial charge in [-0.15, -0.1) is 0 Å². The van der Waals surface area contributed by atoms with Crippen LogP contribution in [0, 0.1) is 0 Å². The number of hydrogen-bond donors (Lipinski definition) is 0. The monoisotopic (exact) mass is 270 g/mol. The zero-order valence-corrected chi connectivity index (χ0v) is 11.9. The molecule has 18 heavy (non-hydrogen) atoms. The van der Waals surface area contributed by atoms with Gasteiger partial charge in [-0.3, -0.25) is 0 Å². The van der Waals surface area contributed by atoms with E-state index in [-0.39, 0.29) is 5.15 Å². The molecule has 0 radical (unpaired) electrons. The molecule has 5 nitrogen and oxygen atoms in total. The van der Waals surface area contributed by atoms with E-state index in [1.807, 2.05) is 27.7 Å². The molecular weight excluding hydrogens is 254 g/mol. The van der Waals surface area contributed by atoms with Gasteiger partial charge in [0, 0.05) is 0 Å². The smallest absolute Gasteiger partial charge is 0.481 e. The number of rotatable bonds is 2. The third-order valence-electron chi connectivity index (χ3n) is 3.48. The van der Waals surface area contributed by atoms with Gasteiger partial charge in [-0.05, 0) is 27.7 Å². The number of aromatic nitrogens is 2. The van der Waals surface area contributed by atoms with E-state index in [1.165, 1.54) is 13.4 Å². The van der Waals surface area contributed by atoms with E-state index in [1.54, 1.807) is 0 Å². The summed E-state index contributed by atoms with van der Waals surface area (Å²) in [4.78, 5) is 7.96. The Kier molecular flexibility index (Phi) is 3.29. The highest BCUT2D eigenvalue weighted by Crippen LogP contribution is 2.37. The van der Waals surface area contributed by atoms with Crippen molar-refractivity contribution in [2.75, 3.05) is 7.11 Å². The average molecular weight is 271 g/mol. The Morgan fingerprint density at radius 3 is 2.22 bits per heavy atom. The Bertz CT molecular complexity index is 452. The lowest BCUT2D eigenvalue weighted by Gasteiger charge is -2.32. The molecule has 2 heterocycles. The summed E-state index contributed by atoms with van der Waals surface area (Å²) < 4.78 is 17.0. The van der Waals surface area contributed by atoms with Gasteiger partial charge in [0.1, 0.15) is 11.5 Å². The second-order valence-electron chi connectivity index (χ2n) is 5.18. The van der Waals surface area contributed by atoms with Crippen molar-refractivity contribution < 1.29 is 14.0 Å². The van der Waals surface area contributed by atoms with Gasteiger partial charge in [0.15, 0.2) is 0 Å². The van der Waals surface area contributed by atoms with Crippen molar-refractivity contribution in [3.8, 4) is 5.88 Å². The van der Waals surface area contributed by atoms with Crippen LogP contribution in [0.3, 0.4) is 0 Å². The largest absolute Gasteiger partial charge is 0.503 e. The normalized spacial score (nSPS) is 21.1. The first-order valence-corrected chi connectivity index (χ1v) is 6.06. The minimum Gasteiger partial charge on any atom is -0.481 e. The van der Waals surface area contributed by atoms with Crippen molar-refractivity contribution in [3.05, 3.63) is 11.5 Å². The van der Waals surface area contributed by atoms with Crippen LogP contribution in [0.15, 0.2) is 6.33 Å². The molecular formula is C11H16BClN2O3. The maximum atomic E-state index is 6.08. The summed E-state index contributed by atoms with van der Waals surface area (Å²) >= 11 is 6.08. The minimum absolute atomic E-state index is 0.278. The zero-order valence-electron chi connectivity index (χ0n) is 11.2. The molecule has 2 rings (SSSR count). The van der Waals surface area contributed by atoms with Crippen molar-refractivity contribution in [1.29, 1.82) is 0 Å². The maximum Gasteiger partial charge on any atom is 0.503 e. The maximum absolute atomic E-state index is 6.08. The second-order valence-corrected chi connectivity index (χ2v) is 5.53. The summed E-state index contributed by atoms with van der Waals surface area (Å²) in [5, 5.41) is 0.278. The summed E-state index contributed by atoms with van der Waals surface area (Å²) in [6.07, 6.45) is 1.34. The predicted molar refractivity (Wildman–Crippen MR) is 69.3 cm³/mol. The highest BCUT2D eigenvalue weighted by Gasteiger charge is 2.53. The molecule has 1 fully saturated rings. The Hall–Kier alpha value is -0.845. The molecule has 1 aliphatic heterocycles. The van der Waals surface area contributed by atoms with Crippen LogP contribution >= 0.6 is 11.6 Å². The molecule has 98 valence electrons. The van der Waals surface area contributed by atoms with Crippen LogP contribution in [-0.4, -0.2) is 35.4 Å². The fourth-order valence-electron chi connectivity index (χ4n) is 1.68. The van der Waals surface area contributed by atoms with Crippen LogP contribution in [0.5, 0.6) is 5.88 Å². The molecule has 0 aromatic carbocycles. The van der Waals surface area contributed by atoms with Gasteiger partial charge >= 0.3 is 7.12 Å². The van der Waals surface area contributed by atoms with E-state index >= 15 is 0 Å². The van der Waals surface area contributed by atoms with Gasteiger partial charge in [0.25, 0.3) is 0 Å². The highest BCUT2D eigenvalue weighted by atomic mass is 35.5. The molecule has 0 spiro atoms. The number of methoxy groups -OCH3 is 1. The molecule has 0 N–H and O–H groups in total. The number of halogens is 1.